The van der Waals surface area contributed by atoms with E-state index in [4.69, 9.17) is 4.74 Å². The van der Waals surface area contributed by atoms with Gasteiger partial charge in [-0.2, -0.15) is 5.26 Å². The van der Waals surface area contributed by atoms with Crippen LogP contribution in [0.5, 0.6) is 0 Å². The fourth-order valence-electron chi connectivity index (χ4n) is 2.73. The number of anilines is 1. The molecule has 1 aliphatic heterocycles. The molecule has 0 saturated carbocycles. The number of rotatable bonds is 4. The molecule has 1 saturated heterocycles. The van der Waals surface area contributed by atoms with E-state index in [2.05, 4.69) is 30.9 Å². The van der Waals surface area contributed by atoms with Gasteiger partial charge in [-0.05, 0) is 37.8 Å². The quantitative estimate of drug-likeness (QED) is 0.831. The van der Waals surface area contributed by atoms with E-state index in [9.17, 15) is 5.26 Å². The highest BCUT2D eigenvalue weighted by atomic mass is 16.5. The van der Waals surface area contributed by atoms with Gasteiger partial charge in [0.2, 0.25) is 0 Å². The lowest BCUT2D eigenvalue weighted by Gasteiger charge is -2.35. The maximum atomic E-state index is 9.27. The Morgan fingerprint density at radius 1 is 1.47 bits per heavy atom. The van der Waals surface area contributed by atoms with E-state index in [1.165, 1.54) is 5.56 Å². The third kappa shape index (κ3) is 3.27. The highest BCUT2D eigenvalue weighted by molar-refractivity contribution is 5.64. The van der Waals surface area contributed by atoms with Crippen LogP contribution in [-0.2, 0) is 4.74 Å². The van der Waals surface area contributed by atoms with Gasteiger partial charge in [-0.15, -0.1) is 0 Å². The number of nitriles is 1. The second-order valence-electron chi connectivity index (χ2n) is 5.16. The molecule has 2 rings (SSSR count). The van der Waals surface area contributed by atoms with Gasteiger partial charge in [0.25, 0.3) is 0 Å². The Kier molecular flexibility index (Phi) is 4.81. The van der Waals surface area contributed by atoms with Gasteiger partial charge in [0.05, 0.1) is 17.4 Å². The first kappa shape index (κ1) is 13.9. The Morgan fingerprint density at radius 3 is 3.05 bits per heavy atom. The number of piperidine rings is 1. The summed E-state index contributed by atoms with van der Waals surface area (Å²) in [6, 6.07) is 8.24. The topological polar surface area (TPSA) is 36.3 Å². The van der Waals surface area contributed by atoms with Crippen molar-refractivity contribution >= 4 is 5.69 Å². The fraction of sp³-hybridized carbons (Fsp3) is 0.562. The number of aryl methyl sites for hydroxylation is 1. The normalized spacial score (nSPS) is 19.2. The van der Waals surface area contributed by atoms with Gasteiger partial charge >= 0.3 is 0 Å². The van der Waals surface area contributed by atoms with Crippen molar-refractivity contribution in [2.24, 2.45) is 0 Å². The summed E-state index contributed by atoms with van der Waals surface area (Å²) in [6.07, 6.45) is 3.63. The molecular formula is C16H22N2O. The molecule has 1 atom stereocenters. The first-order valence-electron chi connectivity index (χ1n) is 7.12. The summed E-state index contributed by atoms with van der Waals surface area (Å²) in [7, 11) is 0. The third-order valence-corrected chi connectivity index (χ3v) is 3.61. The van der Waals surface area contributed by atoms with E-state index >= 15 is 0 Å². The molecule has 0 aliphatic carbocycles. The molecule has 0 amide bonds. The maximum absolute atomic E-state index is 9.27. The summed E-state index contributed by atoms with van der Waals surface area (Å²) in [5, 5.41) is 9.27. The Labute approximate surface area is 115 Å². The summed E-state index contributed by atoms with van der Waals surface area (Å²) >= 11 is 0. The number of benzene rings is 1. The lowest BCUT2D eigenvalue weighted by molar-refractivity contribution is 0.0440. The monoisotopic (exact) mass is 258 g/mol. The lowest BCUT2D eigenvalue weighted by Crippen LogP contribution is -2.40. The van der Waals surface area contributed by atoms with Gasteiger partial charge < -0.3 is 9.64 Å². The Hall–Kier alpha value is -1.53. The van der Waals surface area contributed by atoms with Crippen molar-refractivity contribution in [1.29, 1.82) is 5.26 Å². The van der Waals surface area contributed by atoms with Crippen molar-refractivity contribution in [3.8, 4) is 6.07 Å². The van der Waals surface area contributed by atoms with Crippen LogP contribution in [0.3, 0.4) is 0 Å². The van der Waals surface area contributed by atoms with Crippen LogP contribution in [0.1, 0.15) is 37.3 Å². The van der Waals surface area contributed by atoms with Gasteiger partial charge in [-0.25, -0.2) is 0 Å². The second kappa shape index (κ2) is 6.58. The molecule has 1 aromatic carbocycles. The first-order valence-corrected chi connectivity index (χ1v) is 7.12. The molecule has 1 heterocycles. The molecule has 19 heavy (non-hydrogen) atoms. The van der Waals surface area contributed by atoms with E-state index in [-0.39, 0.29) is 0 Å². The van der Waals surface area contributed by atoms with Crippen LogP contribution < -0.4 is 4.90 Å². The van der Waals surface area contributed by atoms with Crippen molar-refractivity contribution in [1.82, 2.24) is 0 Å². The SMILES string of the molecule is CCCOC1CCCN(c2c(C)cccc2C#N)C1. The molecule has 1 fully saturated rings. The summed E-state index contributed by atoms with van der Waals surface area (Å²) < 4.78 is 5.87. The Bertz CT molecular complexity index is 464. The zero-order valence-corrected chi connectivity index (χ0v) is 11.9. The molecule has 1 unspecified atom stereocenters. The molecule has 0 bridgehead atoms. The van der Waals surface area contributed by atoms with Crippen LogP contribution >= 0.6 is 0 Å². The Balaban J connectivity index is 2.15. The molecule has 0 radical (unpaired) electrons. The summed E-state index contributed by atoms with van der Waals surface area (Å²) in [5.41, 5.74) is 3.04. The van der Waals surface area contributed by atoms with E-state index < -0.39 is 0 Å². The van der Waals surface area contributed by atoms with E-state index in [1.807, 2.05) is 12.1 Å². The minimum atomic E-state index is 0.305. The summed E-state index contributed by atoms with van der Waals surface area (Å²) in [4.78, 5) is 2.32. The van der Waals surface area contributed by atoms with Gasteiger partial charge in [-0.3, -0.25) is 0 Å². The average Bonchev–Trinajstić information content (AvgIpc) is 2.45. The standard InChI is InChI=1S/C16H22N2O/c1-3-10-19-15-8-5-9-18(12-15)16-13(2)6-4-7-14(16)11-17/h4,6-7,15H,3,5,8-10,12H2,1-2H3. The smallest absolute Gasteiger partial charge is 0.101 e. The first-order chi connectivity index (χ1) is 9.26. The number of hydrogen-bond donors (Lipinski definition) is 0. The van der Waals surface area contributed by atoms with Crippen molar-refractivity contribution in [2.75, 3.05) is 24.6 Å². The van der Waals surface area contributed by atoms with Gasteiger partial charge in [0, 0.05) is 19.7 Å². The minimum Gasteiger partial charge on any atom is -0.376 e. The molecule has 1 aromatic rings. The fourth-order valence-corrected chi connectivity index (χ4v) is 2.73. The second-order valence-corrected chi connectivity index (χ2v) is 5.16. The molecule has 3 nitrogen and oxygen atoms in total. The Morgan fingerprint density at radius 2 is 2.32 bits per heavy atom. The molecular weight excluding hydrogens is 236 g/mol. The average molecular weight is 258 g/mol. The predicted octanol–water partition coefficient (Wildman–Crippen LogP) is 3.26. The van der Waals surface area contributed by atoms with Gasteiger partial charge in [0.1, 0.15) is 6.07 Å². The highest BCUT2D eigenvalue weighted by Crippen LogP contribution is 2.28. The van der Waals surface area contributed by atoms with Crippen molar-refractivity contribution in [2.45, 2.75) is 39.2 Å². The molecule has 0 N–H and O–H groups in total. The third-order valence-electron chi connectivity index (χ3n) is 3.61. The van der Waals surface area contributed by atoms with Crippen LogP contribution in [0.15, 0.2) is 18.2 Å². The molecule has 1 aliphatic rings. The van der Waals surface area contributed by atoms with Crippen LogP contribution in [0, 0.1) is 18.3 Å². The highest BCUT2D eigenvalue weighted by Gasteiger charge is 2.23. The van der Waals surface area contributed by atoms with E-state index in [0.717, 1.165) is 50.2 Å². The van der Waals surface area contributed by atoms with Crippen LogP contribution in [0.25, 0.3) is 0 Å². The molecule has 0 spiro atoms. The van der Waals surface area contributed by atoms with Crippen LogP contribution in [0.4, 0.5) is 5.69 Å². The van der Waals surface area contributed by atoms with Gasteiger partial charge in [0.15, 0.2) is 0 Å². The zero-order valence-electron chi connectivity index (χ0n) is 11.9. The molecule has 0 aromatic heterocycles. The maximum Gasteiger partial charge on any atom is 0.101 e. The predicted molar refractivity (Wildman–Crippen MR) is 77.4 cm³/mol. The summed E-state index contributed by atoms with van der Waals surface area (Å²) in [5.74, 6) is 0. The van der Waals surface area contributed by atoms with Crippen LogP contribution in [0.2, 0.25) is 0 Å². The number of nitrogens with zero attached hydrogens (tertiary/aromatic N) is 2. The van der Waals surface area contributed by atoms with E-state index in [1.54, 1.807) is 0 Å². The van der Waals surface area contributed by atoms with Crippen molar-refractivity contribution in [3.63, 3.8) is 0 Å². The number of ether oxygens (including phenoxy) is 1. The van der Waals surface area contributed by atoms with E-state index in [0.29, 0.717) is 6.10 Å². The molecule has 102 valence electrons. The molecule has 3 heteroatoms. The van der Waals surface area contributed by atoms with Crippen molar-refractivity contribution in [3.05, 3.63) is 29.3 Å². The minimum absolute atomic E-state index is 0.305. The van der Waals surface area contributed by atoms with Crippen LogP contribution in [-0.4, -0.2) is 25.8 Å². The lowest BCUT2D eigenvalue weighted by atomic mass is 10.0. The largest absolute Gasteiger partial charge is 0.376 e. The summed E-state index contributed by atoms with van der Waals surface area (Å²) in [6.45, 7) is 6.96. The van der Waals surface area contributed by atoms with Gasteiger partial charge in [-0.1, -0.05) is 19.1 Å². The number of para-hydroxylation sites is 1. The number of hydrogen-bond acceptors (Lipinski definition) is 3. The zero-order chi connectivity index (χ0) is 13.7. The van der Waals surface area contributed by atoms with Crippen molar-refractivity contribution < 1.29 is 4.74 Å².